The number of halogens is 2. The molecule has 0 unspecified atom stereocenters. The van der Waals surface area contributed by atoms with Crippen LogP contribution in [0.15, 0.2) is 18.2 Å². The van der Waals surface area contributed by atoms with E-state index < -0.39 is 0 Å². The van der Waals surface area contributed by atoms with Gasteiger partial charge in [0.15, 0.2) is 0 Å². The summed E-state index contributed by atoms with van der Waals surface area (Å²) in [6.07, 6.45) is 1.49. The molecule has 7 heteroatoms. The number of aromatic amines is 1. The molecular formula is C18H21Cl2N3O2. The summed E-state index contributed by atoms with van der Waals surface area (Å²) in [6.45, 7) is 5.14. The van der Waals surface area contributed by atoms with Crippen molar-refractivity contribution in [1.29, 1.82) is 0 Å². The van der Waals surface area contributed by atoms with Crippen molar-refractivity contribution in [2.75, 3.05) is 13.1 Å². The first-order valence-corrected chi connectivity index (χ1v) is 9.18. The van der Waals surface area contributed by atoms with E-state index in [9.17, 15) is 9.59 Å². The molecule has 0 atom stereocenters. The molecule has 2 heterocycles. The Morgan fingerprint density at radius 1 is 1.24 bits per heavy atom. The van der Waals surface area contributed by atoms with Gasteiger partial charge in [-0.1, -0.05) is 37.0 Å². The third-order valence-electron chi connectivity index (χ3n) is 4.56. The van der Waals surface area contributed by atoms with Crippen molar-refractivity contribution in [3.8, 4) is 0 Å². The highest BCUT2D eigenvalue weighted by Gasteiger charge is 2.26. The summed E-state index contributed by atoms with van der Waals surface area (Å²) in [6, 6.07) is 5.33. The molecule has 3 rings (SSSR count). The Morgan fingerprint density at radius 3 is 2.56 bits per heavy atom. The maximum Gasteiger partial charge on any atom is 0.269 e. The number of nitrogens with zero attached hydrogens (tertiary/aromatic N) is 1. The molecule has 1 saturated heterocycles. The number of hydrogen-bond donors (Lipinski definition) is 2. The molecule has 1 aliphatic heterocycles. The lowest BCUT2D eigenvalue weighted by atomic mass is 10.0. The van der Waals surface area contributed by atoms with Crippen LogP contribution >= 0.6 is 23.2 Å². The number of amides is 2. The van der Waals surface area contributed by atoms with Crippen LogP contribution < -0.4 is 5.32 Å². The van der Waals surface area contributed by atoms with Gasteiger partial charge in [0.1, 0.15) is 5.69 Å². The first kappa shape index (κ1) is 18.1. The second kappa shape index (κ2) is 7.26. The van der Waals surface area contributed by atoms with E-state index in [1.807, 2.05) is 18.7 Å². The first-order chi connectivity index (χ1) is 11.9. The van der Waals surface area contributed by atoms with Crippen molar-refractivity contribution >= 4 is 45.9 Å². The SMILES string of the molecule is CC(C)C(=O)N1CCC(NC(=O)c2[nH]c3ccc(Cl)cc3c2Cl)CC1. The number of piperidine rings is 1. The monoisotopic (exact) mass is 381 g/mol. The average molecular weight is 382 g/mol. The fourth-order valence-electron chi connectivity index (χ4n) is 3.15. The molecule has 0 bridgehead atoms. The van der Waals surface area contributed by atoms with Crippen molar-refractivity contribution in [3.63, 3.8) is 0 Å². The van der Waals surface area contributed by atoms with Crippen LogP contribution in [0.3, 0.4) is 0 Å². The molecule has 1 fully saturated rings. The normalized spacial score (nSPS) is 15.8. The van der Waals surface area contributed by atoms with Gasteiger partial charge in [-0.15, -0.1) is 0 Å². The van der Waals surface area contributed by atoms with Crippen LogP contribution in [0.5, 0.6) is 0 Å². The van der Waals surface area contributed by atoms with Gasteiger partial charge in [-0.2, -0.15) is 0 Å². The Kier molecular flexibility index (Phi) is 5.25. The lowest BCUT2D eigenvalue weighted by molar-refractivity contribution is -0.135. The van der Waals surface area contributed by atoms with E-state index in [4.69, 9.17) is 23.2 Å². The zero-order valence-corrected chi connectivity index (χ0v) is 15.7. The molecule has 0 spiro atoms. The summed E-state index contributed by atoms with van der Waals surface area (Å²) >= 11 is 12.3. The smallest absolute Gasteiger partial charge is 0.269 e. The summed E-state index contributed by atoms with van der Waals surface area (Å²) in [5.74, 6) is -0.0607. The number of H-pyrrole nitrogens is 1. The molecular weight excluding hydrogens is 361 g/mol. The van der Waals surface area contributed by atoms with Gasteiger partial charge in [0, 0.05) is 41.0 Å². The van der Waals surface area contributed by atoms with E-state index in [0.29, 0.717) is 28.8 Å². The number of carbonyl (C=O) groups excluding carboxylic acids is 2. The number of nitrogens with one attached hydrogen (secondary N) is 2. The molecule has 0 radical (unpaired) electrons. The Bertz CT molecular complexity index is 808. The third kappa shape index (κ3) is 3.77. The molecule has 0 aliphatic carbocycles. The molecule has 134 valence electrons. The van der Waals surface area contributed by atoms with E-state index in [0.717, 1.165) is 23.7 Å². The van der Waals surface area contributed by atoms with Gasteiger partial charge < -0.3 is 15.2 Å². The summed E-state index contributed by atoms with van der Waals surface area (Å²) < 4.78 is 0. The third-order valence-corrected chi connectivity index (χ3v) is 5.19. The highest BCUT2D eigenvalue weighted by molar-refractivity contribution is 6.39. The van der Waals surface area contributed by atoms with Crippen LogP contribution in [0, 0.1) is 5.92 Å². The molecule has 2 N–H and O–H groups in total. The van der Waals surface area contributed by atoms with E-state index in [1.54, 1.807) is 18.2 Å². The Hall–Kier alpha value is -1.72. The second-order valence-corrected chi connectivity index (χ2v) is 7.55. The lowest BCUT2D eigenvalue weighted by Crippen LogP contribution is -2.47. The molecule has 0 saturated carbocycles. The van der Waals surface area contributed by atoms with Gasteiger partial charge in [-0.25, -0.2) is 0 Å². The highest BCUT2D eigenvalue weighted by atomic mass is 35.5. The standard InChI is InChI=1S/C18H21Cl2N3O2/c1-10(2)18(25)23-7-5-12(6-8-23)21-17(24)16-15(20)13-9-11(19)3-4-14(13)22-16/h3-4,9-10,12,22H,5-8H2,1-2H3,(H,21,24). The molecule has 1 aliphatic rings. The van der Waals surface area contributed by atoms with Gasteiger partial charge in [-0.05, 0) is 31.0 Å². The topological polar surface area (TPSA) is 65.2 Å². The Balaban J connectivity index is 1.66. The van der Waals surface area contributed by atoms with Crippen LogP contribution in [-0.2, 0) is 4.79 Å². The fraction of sp³-hybridized carbons (Fsp3) is 0.444. The number of benzene rings is 1. The van der Waals surface area contributed by atoms with Crippen LogP contribution in [-0.4, -0.2) is 40.8 Å². The zero-order chi connectivity index (χ0) is 18.1. The van der Waals surface area contributed by atoms with Crippen LogP contribution in [0.25, 0.3) is 10.9 Å². The highest BCUT2D eigenvalue weighted by Crippen LogP contribution is 2.29. The van der Waals surface area contributed by atoms with Crippen LogP contribution in [0.2, 0.25) is 10.0 Å². The Labute approximate surface area is 156 Å². The van der Waals surface area contributed by atoms with Crippen LogP contribution in [0.4, 0.5) is 0 Å². The first-order valence-electron chi connectivity index (χ1n) is 8.43. The van der Waals surface area contributed by atoms with Gasteiger partial charge in [0.05, 0.1) is 5.02 Å². The van der Waals surface area contributed by atoms with E-state index in [1.165, 1.54) is 0 Å². The van der Waals surface area contributed by atoms with E-state index in [2.05, 4.69) is 10.3 Å². The minimum atomic E-state index is -0.231. The predicted octanol–water partition coefficient (Wildman–Crippen LogP) is 3.85. The second-order valence-electron chi connectivity index (χ2n) is 6.73. The molecule has 2 aromatic rings. The van der Waals surface area contributed by atoms with Gasteiger partial charge >= 0.3 is 0 Å². The predicted molar refractivity (Wildman–Crippen MR) is 100 cm³/mol. The summed E-state index contributed by atoms with van der Waals surface area (Å²) in [5.41, 5.74) is 1.12. The number of hydrogen-bond acceptors (Lipinski definition) is 2. The molecule has 1 aromatic carbocycles. The summed E-state index contributed by atoms with van der Waals surface area (Å²) in [4.78, 5) is 29.5. The van der Waals surface area contributed by atoms with Crippen molar-refractivity contribution < 1.29 is 9.59 Å². The number of aromatic nitrogens is 1. The molecule has 25 heavy (non-hydrogen) atoms. The quantitative estimate of drug-likeness (QED) is 0.847. The zero-order valence-electron chi connectivity index (χ0n) is 14.2. The van der Waals surface area contributed by atoms with Gasteiger partial charge in [-0.3, -0.25) is 9.59 Å². The van der Waals surface area contributed by atoms with Crippen molar-refractivity contribution in [2.24, 2.45) is 5.92 Å². The number of carbonyl (C=O) groups is 2. The largest absolute Gasteiger partial charge is 0.349 e. The number of fused-ring (bicyclic) bond motifs is 1. The van der Waals surface area contributed by atoms with Crippen molar-refractivity contribution in [3.05, 3.63) is 33.9 Å². The summed E-state index contributed by atoms with van der Waals surface area (Å²) in [5, 5.41) is 4.70. The Morgan fingerprint density at radius 2 is 1.92 bits per heavy atom. The summed E-state index contributed by atoms with van der Waals surface area (Å²) in [7, 11) is 0. The molecule has 1 aromatic heterocycles. The van der Waals surface area contributed by atoms with Gasteiger partial charge in [0.25, 0.3) is 5.91 Å². The van der Waals surface area contributed by atoms with Crippen molar-refractivity contribution in [2.45, 2.75) is 32.7 Å². The minimum Gasteiger partial charge on any atom is -0.349 e. The molecule has 5 nitrogen and oxygen atoms in total. The fourth-order valence-corrected chi connectivity index (χ4v) is 3.62. The number of rotatable bonds is 3. The van der Waals surface area contributed by atoms with Gasteiger partial charge in [0.2, 0.25) is 5.91 Å². The van der Waals surface area contributed by atoms with E-state index in [-0.39, 0.29) is 23.8 Å². The average Bonchev–Trinajstić information content (AvgIpc) is 2.91. The maximum atomic E-state index is 12.6. The number of likely N-dealkylation sites (tertiary alicyclic amines) is 1. The minimum absolute atomic E-state index is 0.00289. The molecule has 2 amide bonds. The van der Waals surface area contributed by atoms with Crippen molar-refractivity contribution in [1.82, 2.24) is 15.2 Å². The van der Waals surface area contributed by atoms with Crippen LogP contribution in [0.1, 0.15) is 37.2 Å². The lowest BCUT2D eigenvalue weighted by Gasteiger charge is -2.33. The maximum absolute atomic E-state index is 12.6. The van der Waals surface area contributed by atoms with E-state index >= 15 is 0 Å².